The molecular weight excluding hydrogens is 234 g/mol. The summed E-state index contributed by atoms with van der Waals surface area (Å²) in [5.41, 5.74) is 0. The molecule has 0 bridgehead atoms. The van der Waals surface area contributed by atoms with E-state index in [0.29, 0.717) is 24.9 Å². The van der Waals surface area contributed by atoms with Crippen molar-refractivity contribution in [3.05, 3.63) is 22.4 Å². The summed E-state index contributed by atoms with van der Waals surface area (Å²) in [6.45, 7) is 6.67. The summed E-state index contributed by atoms with van der Waals surface area (Å²) in [5.74, 6) is 0.591. The van der Waals surface area contributed by atoms with Crippen molar-refractivity contribution in [1.29, 1.82) is 0 Å². The standard InChI is InChI=1S/C13H21NO2S/c1-10(2)13(12-4-3-7-17-12)14-8-11-5-6-15-9-16-11/h3-4,7,10-11,13-14H,5-6,8-9H2,1-2H3/t11-,13+/m0/s1. The first kappa shape index (κ1) is 13.0. The van der Waals surface area contributed by atoms with Crippen LogP contribution in [-0.2, 0) is 9.47 Å². The summed E-state index contributed by atoms with van der Waals surface area (Å²) in [6.07, 6.45) is 1.28. The van der Waals surface area contributed by atoms with Crippen molar-refractivity contribution in [1.82, 2.24) is 5.32 Å². The van der Waals surface area contributed by atoms with Gasteiger partial charge in [0.1, 0.15) is 6.79 Å². The fourth-order valence-corrected chi connectivity index (χ4v) is 3.03. The zero-order chi connectivity index (χ0) is 12.1. The number of hydrogen-bond acceptors (Lipinski definition) is 4. The van der Waals surface area contributed by atoms with Crippen molar-refractivity contribution in [3.63, 3.8) is 0 Å². The lowest BCUT2D eigenvalue weighted by Crippen LogP contribution is -2.37. The van der Waals surface area contributed by atoms with E-state index in [1.165, 1.54) is 4.88 Å². The van der Waals surface area contributed by atoms with E-state index in [-0.39, 0.29) is 0 Å². The Morgan fingerprint density at radius 3 is 3.00 bits per heavy atom. The molecule has 4 heteroatoms. The number of rotatable bonds is 5. The maximum absolute atomic E-state index is 5.54. The van der Waals surface area contributed by atoms with Crippen LogP contribution in [0.25, 0.3) is 0 Å². The molecule has 2 rings (SSSR count). The van der Waals surface area contributed by atoms with Gasteiger partial charge >= 0.3 is 0 Å². The molecule has 96 valence electrons. The van der Waals surface area contributed by atoms with Gasteiger partial charge in [-0.25, -0.2) is 0 Å². The summed E-state index contributed by atoms with van der Waals surface area (Å²) in [6, 6.07) is 4.75. The molecular formula is C13H21NO2S. The van der Waals surface area contributed by atoms with Crippen LogP contribution in [0.4, 0.5) is 0 Å². The van der Waals surface area contributed by atoms with Gasteiger partial charge in [0.25, 0.3) is 0 Å². The lowest BCUT2D eigenvalue weighted by molar-refractivity contribution is -0.137. The molecule has 1 N–H and O–H groups in total. The highest BCUT2D eigenvalue weighted by Crippen LogP contribution is 2.25. The van der Waals surface area contributed by atoms with Crippen molar-refractivity contribution in [3.8, 4) is 0 Å². The number of ether oxygens (including phenoxy) is 2. The smallest absolute Gasteiger partial charge is 0.147 e. The van der Waals surface area contributed by atoms with Crippen molar-refractivity contribution in [2.75, 3.05) is 19.9 Å². The van der Waals surface area contributed by atoms with Crippen LogP contribution in [0.1, 0.15) is 31.2 Å². The topological polar surface area (TPSA) is 30.5 Å². The number of nitrogens with one attached hydrogen (secondary N) is 1. The Labute approximate surface area is 107 Å². The van der Waals surface area contributed by atoms with Gasteiger partial charge in [-0.15, -0.1) is 11.3 Å². The zero-order valence-corrected chi connectivity index (χ0v) is 11.3. The van der Waals surface area contributed by atoms with Gasteiger partial charge in [-0.3, -0.25) is 0 Å². The van der Waals surface area contributed by atoms with Gasteiger partial charge in [-0.05, 0) is 23.8 Å². The fraction of sp³-hybridized carbons (Fsp3) is 0.692. The molecule has 1 saturated heterocycles. The Kier molecular flexibility index (Phi) is 4.98. The van der Waals surface area contributed by atoms with Crippen molar-refractivity contribution in [2.45, 2.75) is 32.4 Å². The molecule has 1 aromatic heterocycles. The highest BCUT2D eigenvalue weighted by atomic mass is 32.1. The largest absolute Gasteiger partial charge is 0.355 e. The molecule has 0 radical (unpaired) electrons. The van der Waals surface area contributed by atoms with Crippen LogP contribution in [0.3, 0.4) is 0 Å². The Morgan fingerprint density at radius 1 is 1.53 bits per heavy atom. The molecule has 0 aliphatic carbocycles. The Morgan fingerprint density at radius 2 is 2.41 bits per heavy atom. The van der Waals surface area contributed by atoms with Gasteiger partial charge < -0.3 is 14.8 Å². The molecule has 3 nitrogen and oxygen atoms in total. The first-order valence-electron chi connectivity index (χ1n) is 6.23. The molecule has 1 aliphatic rings. The van der Waals surface area contributed by atoms with Gasteiger partial charge in [0.05, 0.1) is 12.7 Å². The van der Waals surface area contributed by atoms with E-state index in [1.807, 2.05) is 11.3 Å². The summed E-state index contributed by atoms with van der Waals surface area (Å²) in [7, 11) is 0. The molecule has 0 saturated carbocycles. The van der Waals surface area contributed by atoms with Gasteiger partial charge in [0.2, 0.25) is 0 Å². The average Bonchev–Trinajstić information content (AvgIpc) is 2.84. The molecule has 0 spiro atoms. The lowest BCUT2D eigenvalue weighted by atomic mass is 10.0. The van der Waals surface area contributed by atoms with Crippen LogP contribution in [-0.4, -0.2) is 26.0 Å². The molecule has 1 aliphatic heterocycles. The number of thiophene rings is 1. The van der Waals surface area contributed by atoms with E-state index >= 15 is 0 Å². The summed E-state index contributed by atoms with van der Waals surface area (Å²) < 4.78 is 10.7. The van der Waals surface area contributed by atoms with Crippen LogP contribution < -0.4 is 5.32 Å². The second kappa shape index (κ2) is 6.50. The van der Waals surface area contributed by atoms with Crippen molar-refractivity contribution >= 4 is 11.3 Å². The van der Waals surface area contributed by atoms with E-state index < -0.39 is 0 Å². The zero-order valence-electron chi connectivity index (χ0n) is 10.5. The third-order valence-electron chi connectivity index (χ3n) is 3.05. The second-order valence-electron chi connectivity index (χ2n) is 4.75. The van der Waals surface area contributed by atoms with Crippen LogP contribution >= 0.6 is 11.3 Å². The van der Waals surface area contributed by atoms with E-state index in [9.17, 15) is 0 Å². The predicted molar refractivity (Wildman–Crippen MR) is 70.2 cm³/mol. The molecule has 0 unspecified atom stereocenters. The van der Waals surface area contributed by atoms with Crippen LogP contribution in [0.5, 0.6) is 0 Å². The SMILES string of the molecule is CC(C)[C@@H](NC[C@@H]1CCOCO1)c1cccs1. The van der Waals surface area contributed by atoms with Gasteiger partial charge in [0.15, 0.2) is 0 Å². The minimum atomic E-state index is 0.296. The van der Waals surface area contributed by atoms with E-state index in [0.717, 1.165) is 19.6 Å². The Hall–Kier alpha value is -0.420. The van der Waals surface area contributed by atoms with Crippen molar-refractivity contribution < 1.29 is 9.47 Å². The highest BCUT2D eigenvalue weighted by molar-refractivity contribution is 7.10. The summed E-state index contributed by atoms with van der Waals surface area (Å²) in [5, 5.41) is 5.76. The quantitative estimate of drug-likeness (QED) is 0.877. The minimum absolute atomic E-state index is 0.296. The highest BCUT2D eigenvalue weighted by Gasteiger charge is 2.20. The monoisotopic (exact) mass is 255 g/mol. The van der Waals surface area contributed by atoms with Crippen LogP contribution in [0.2, 0.25) is 0 Å². The van der Waals surface area contributed by atoms with Gasteiger partial charge in [-0.2, -0.15) is 0 Å². The van der Waals surface area contributed by atoms with Crippen molar-refractivity contribution in [2.24, 2.45) is 5.92 Å². The molecule has 1 aromatic rings. The van der Waals surface area contributed by atoms with Crippen LogP contribution in [0.15, 0.2) is 17.5 Å². The lowest BCUT2D eigenvalue weighted by Gasteiger charge is -2.27. The Bertz CT molecular complexity index is 307. The van der Waals surface area contributed by atoms with Gasteiger partial charge in [-0.1, -0.05) is 19.9 Å². The summed E-state index contributed by atoms with van der Waals surface area (Å²) in [4.78, 5) is 1.41. The first-order chi connectivity index (χ1) is 8.27. The molecule has 1 fully saturated rings. The fourth-order valence-electron chi connectivity index (χ4n) is 2.05. The third-order valence-corrected chi connectivity index (χ3v) is 4.01. The maximum atomic E-state index is 5.54. The van der Waals surface area contributed by atoms with E-state index in [2.05, 4.69) is 36.7 Å². The number of hydrogen-bond donors (Lipinski definition) is 1. The molecule has 0 amide bonds. The first-order valence-corrected chi connectivity index (χ1v) is 7.11. The van der Waals surface area contributed by atoms with E-state index in [4.69, 9.17) is 9.47 Å². The average molecular weight is 255 g/mol. The van der Waals surface area contributed by atoms with E-state index in [1.54, 1.807) is 0 Å². The van der Waals surface area contributed by atoms with Gasteiger partial charge in [0, 0.05) is 17.5 Å². The van der Waals surface area contributed by atoms with Crippen LogP contribution in [0, 0.1) is 5.92 Å². The summed E-state index contributed by atoms with van der Waals surface area (Å²) >= 11 is 1.82. The predicted octanol–water partition coefficient (Wildman–Crippen LogP) is 2.80. The Balaban J connectivity index is 1.85. The molecule has 2 atom stereocenters. The third kappa shape index (κ3) is 3.78. The molecule has 2 heterocycles. The minimum Gasteiger partial charge on any atom is -0.355 e. The second-order valence-corrected chi connectivity index (χ2v) is 5.73. The molecule has 0 aromatic carbocycles. The maximum Gasteiger partial charge on any atom is 0.147 e. The normalized spacial score (nSPS) is 22.9. The molecule has 17 heavy (non-hydrogen) atoms.